The smallest absolute Gasteiger partial charge is 0.177 e. The minimum atomic E-state index is 0.0480. The molecule has 72 valence electrons. The summed E-state index contributed by atoms with van der Waals surface area (Å²) in [6.07, 6.45) is 1.28. The van der Waals surface area contributed by atoms with E-state index in [-0.39, 0.29) is 28.4 Å². The van der Waals surface area contributed by atoms with E-state index in [1.165, 1.54) is 10.7 Å². The monoisotopic (exact) mass is 199 g/mol. The third kappa shape index (κ3) is 1.04. The van der Waals surface area contributed by atoms with E-state index in [9.17, 15) is 0 Å². The van der Waals surface area contributed by atoms with Crippen LogP contribution in [-0.4, -0.2) is 14.6 Å². The molecule has 0 unspecified atom stereocenters. The predicted octanol–water partition coefficient (Wildman–Crippen LogP) is -0.363. The first-order valence-corrected chi connectivity index (χ1v) is 3.92. The number of aromatic nitrogens is 3. The second kappa shape index (κ2) is 2.86. The topological polar surface area (TPSA) is 130 Å². The molecule has 0 amide bonds. The van der Waals surface area contributed by atoms with Crippen molar-refractivity contribution >= 4 is 17.3 Å². The maximum atomic E-state index is 8.79. The molecule has 0 atom stereocenters. The number of hydrogen-bond donors (Lipinski definition) is 2. The maximum absolute atomic E-state index is 8.79. The van der Waals surface area contributed by atoms with Gasteiger partial charge >= 0.3 is 0 Å². The van der Waals surface area contributed by atoms with Gasteiger partial charge in [-0.25, -0.2) is 4.98 Å². The van der Waals surface area contributed by atoms with Gasteiger partial charge in [-0.2, -0.15) is 15.0 Å². The van der Waals surface area contributed by atoms with Gasteiger partial charge in [-0.15, -0.1) is 5.10 Å². The first-order chi connectivity index (χ1) is 7.19. The third-order valence-corrected chi connectivity index (χ3v) is 1.94. The highest BCUT2D eigenvalue weighted by molar-refractivity contribution is 5.69. The first kappa shape index (κ1) is 8.78. The first-order valence-electron chi connectivity index (χ1n) is 3.92. The van der Waals surface area contributed by atoms with Gasteiger partial charge < -0.3 is 11.5 Å². The molecule has 15 heavy (non-hydrogen) atoms. The Kier molecular flexibility index (Phi) is 1.67. The van der Waals surface area contributed by atoms with E-state index in [4.69, 9.17) is 22.0 Å². The van der Waals surface area contributed by atoms with Crippen LogP contribution in [0.1, 0.15) is 11.1 Å². The second-order valence-corrected chi connectivity index (χ2v) is 2.78. The Morgan fingerprint density at radius 3 is 2.60 bits per heavy atom. The number of rotatable bonds is 0. The quantitative estimate of drug-likeness (QED) is 0.595. The Labute approximate surface area is 84.2 Å². The molecular weight excluding hydrogens is 194 g/mol. The molecule has 2 rings (SSSR count). The average Bonchev–Trinajstić information content (AvgIpc) is 2.56. The van der Waals surface area contributed by atoms with Gasteiger partial charge in [-0.3, -0.25) is 0 Å². The fourth-order valence-electron chi connectivity index (χ4n) is 1.21. The summed E-state index contributed by atoms with van der Waals surface area (Å²) in [4.78, 5) is 3.90. The zero-order valence-electron chi connectivity index (χ0n) is 7.47. The van der Waals surface area contributed by atoms with Crippen molar-refractivity contribution in [2.45, 2.75) is 0 Å². The van der Waals surface area contributed by atoms with Crippen molar-refractivity contribution in [2.75, 3.05) is 11.5 Å². The van der Waals surface area contributed by atoms with Crippen molar-refractivity contribution in [3.05, 3.63) is 17.3 Å². The minimum Gasteiger partial charge on any atom is -0.382 e. The number of anilines is 2. The van der Waals surface area contributed by atoms with Crippen molar-refractivity contribution in [3.63, 3.8) is 0 Å². The number of nitrogens with two attached hydrogens (primary N) is 2. The molecule has 7 heteroatoms. The summed E-state index contributed by atoms with van der Waals surface area (Å²) in [6.45, 7) is 0. The summed E-state index contributed by atoms with van der Waals surface area (Å²) < 4.78 is 1.19. The van der Waals surface area contributed by atoms with Gasteiger partial charge in [-0.1, -0.05) is 0 Å². The van der Waals surface area contributed by atoms with Crippen molar-refractivity contribution < 1.29 is 0 Å². The Balaban J connectivity index is 2.94. The normalized spacial score (nSPS) is 9.73. The Morgan fingerprint density at radius 2 is 2.00 bits per heavy atom. The lowest BCUT2D eigenvalue weighted by molar-refractivity contribution is 0.953. The van der Waals surface area contributed by atoms with Crippen LogP contribution in [0.5, 0.6) is 0 Å². The highest BCUT2D eigenvalue weighted by Gasteiger charge is 2.14. The average molecular weight is 199 g/mol. The van der Waals surface area contributed by atoms with Crippen LogP contribution in [0, 0.1) is 22.7 Å². The van der Waals surface area contributed by atoms with E-state index in [1.54, 1.807) is 0 Å². The summed E-state index contributed by atoms with van der Waals surface area (Å²) in [5, 5.41) is 21.3. The van der Waals surface area contributed by atoms with Crippen molar-refractivity contribution in [1.82, 2.24) is 14.6 Å². The zero-order valence-corrected chi connectivity index (χ0v) is 7.47. The van der Waals surface area contributed by atoms with Crippen LogP contribution in [0.3, 0.4) is 0 Å². The maximum Gasteiger partial charge on any atom is 0.177 e. The zero-order chi connectivity index (χ0) is 11.0. The predicted molar refractivity (Wildman–Crippen MR) is 51.2 cm³/mol. The molecule has 2 aromatic rings. The van der Waals surface area contributed by atoms with Gasteiger partial charge in [0.15, 0.2) is 11.5 Å². The Hall–Kier alpha value is -2.80. The van der Waals surface area contributed by atoms with Gasteiger partial charge in [-0.05, 0) is 0 Å². The van der Waals surface area contributed by atoms with E-state index in [0.717, 1.165) is 0 Å². The Morgan fingerprint density at radius 1 is 1.27 bits per heavy atom. The second-order valence-electron chi connectivity index (χ2n) is 2.78. The van der Waals surface area contributed by atoms with E-state index < -0.39 is 0 Å². The molecule has 4 N–H and O–H groups in total. The van der Waals surface area contributed by atoms with Gasteiger partial charge in [0.25, 0.3) is 0 Å². The lowest BCUT2D eigenvalue weighted by atomic mass is 10.3. The van der Waals surface area contributed by atoms with Gasteiger partial charge in [0.1, 0.15) is 29.1 Å². The molecule has 0 saturated heterocycles. The standard InChI is InChI=1S/C8H5N7/c9-1-4-3-13-8-5(2-10)6(11)14-15(8)7(4)12/h3H,12H2,(H2,11,14). The van der Waals surface area contributed by atoms with Crippen molar-refractivity contribution in [1.29, 1.82) is 10.5 Å². The molecule has 0 aliphatic carbocycles. The molecular formula is C8H5N7. The molecule has 0 spiro atoms. The number of hydrogen-bond acceptors (Lipinski definition) is 6. The van der Waals surface area contributed by atoms with Crippen molar-refractivity contribution in [3.8, 4) is 12.1 Å². The molecule has 0 radical (unpaired) electrons. The van der Waals surface area contributed by atoms with Crippen LogP contribution >= 0.6 is 0 Å². The summed E-state index contributed by atoms with van der Waals surface area (Å²) in [5.74, 6) is 0.169. The highest BCUT2D eigenvalue weighted by Crippen LogP contribution is 2.18. The van der Waals surface area contributed by atoms with Crippen LogP contribution in [0.25, 0.3) is 5.65 Å². The minimum absolute atomic E-state index is 0.0480. The molecule has 0 bridgehead atoms. The number of fused-ring (bicyclic) bond motifs is 1. The fraction of sp³-hybridized carbons (Fsp3) is 0. The van der Waals surface area contributed by atoms with Gasteiger partial charge in [0.2, 0.25) is 0 Å². The van der Waals surface area contributed by atoms with Crippen LogP contribution in [0.4, 0.5) is 11.6 Å². The largest absolute Gasteiger partial charge is 0.382 e. The molecule has 0 aromatic carbocycles. The highest BCUT2D eigenvalue weighted by atomic mass is 15.3. The van der Waals surface area contributed by atoms with E-state index in [2.05, 4.69) is 10.1 Å². The van der Waals surface area contributed by atoms with Crippen LogP contribution in [-0.2, 0) is 0 Å². The fourth-order valence-corrected chi connectivity index (χ4v) is 1.21. The van der Waals surface area contributed by atoms with Gasteiger partial charge in [0.05, 0.1) is 6.20 Å². The van der Waals surface area contributed by atoms with Crippen LogP contribution in [0.15, 0.2) is 6.20 Å². The number of nitrogens with zero attached hydrogens (tertiary/aromatic N) is 5. The third-order valence-electron chi connectivity index (χ3n) is 1.94. The molecule has 7 nitrogen and oxygen atoms in total. The summed E-state index contributed by atoms with van der Waals surface area (Å²) in [6, 6.07) is 3.74. The lowest BCUT2D eigenvalue weighted by Crippen LogP contribution is -2.03. The van der Waals surface area contributed by atoms with Crippen LogP contribution in [0.2, 0.25) is 0 Å². The van der Waals surface area contributed by atoms with E-state index >= 15 is 0 Å². The molecule has 2 heterocycles. The molecule has 2 aromatic heterocycles. The SMILES string of the molecule is N#Cc1cnc2c(C#N)c(N)nn2c1N. The molecule has 0 saturated carbocycles. The van der Waals surface area contributed by atoms with E-state index in [0.29, 0.717) is 0 Å². The van der Waals surface area contributed by atoms with Crippen LogP contribution < -0.4 is 11.5 Å². The summed E-state index contributed by atoms with van der Waals surface area (Å²) >= 11 is 0. The summed E-state index contributed by atoms with van der Waals surface area (Å²) in [5.41, 5.74) is 11.7. The molecule has 0 aliphatic heterocycles. The number of nitrogen functional groups attached to an aromatic ring is 2. The van der Waals surface area contributed by atoms with E-state index in [1.807, 2.05) is 12.1 Å². The molecule has 0 aliphatic rings. The molecule has 0 fully saturated rings. The summed E-state index contributed by atoms with van der Waals surface area (Å²) in [7, 11) is 0. The van der Waals surface area contributed by atoms with Crippen molar-refractivity contribution in [2.24, 2.45) is 0 Å². The lowest BCUT2D eigenvalue weighted by Gasteiger charge is -1.98. The number of nitriles is 2. The van der Waals surface area contributed by atoms with Gasteiger partial charge in [0, 0.05) is 0 Å². The Bertz CT molecular complexity index is 625.